The Morgan fingerprint density at radius 3 is 2.55 bits per heavy atom. The van der Waals surface area contributed by atoms with Crippen molar-refractivity contribution in [1.29, 1.82) is 0 Å². The molecule has 6 rings (SSSR count). The van der Waals surface area contributed by atoms with Crippen LogP contribution in [-0.4, -0.2) is 72.6 Å². The maximum atomic E-state index is 15.0. The molecule has 0 aliphatic carbocycles. The first kappa shape index (κ1) is 24.4. The highest BCUT2D eigenvalue weighted by Crippen LogP contribution is 2.39. The van der Waals surface area contributed by atoms with Crippen LogP contribution in [0.2, 0.25) is 0 Å². The molecule has 2 aromatic carbocycles. The lowest BCUT2D eigenvalue weighted by molar-refractivity contribution is 0.170. The van der Waals surface area contributed by atoms with Crippen molar-refractivity contribution in [2.45, 2.75) is 19.0 Å². The van der Waals surface area contributed by atoms with E-state index in [0.717, 1.165) is 42.9 Å². The fourth-order valence-corrected chi connectivity index (χ4v) is 5.51. The quantitative estimate of drug-likeness (QED) is 0.534. The SMILES string of the molecule is CN1CCN(c2c(F)cc(Nc3ncc4c(n3)N(C)C(=O)N(C3CCNc5ccccc53)C4)cc2F)CC1. The third-order valence-corrected chi connectivity index (χ3v) is 7.55. The second kappa shape index (κ2) is 9.71. The maximum absolute atomic E-state index is 15.0. The largest absolute Gasteiger partial charge is 0.385 e. The number of urea groups is 1. The minimum Gasteiger partial charge on any atom is -0.385 e. The molecule has 3 aliphatic rings. The van der Waals surface area contributed by atoms with Crippen molar-refractivity contribution >= 4 is 34.9 Å². The molecule has 1 saturated heterocycles. The maximum Gasteiger partial charge on any atom is 0.326 e. The van der Waals surface area contributed by atoms with Gasteiger partial charge in [0.05, 0.1) is 12.6 Å². The molecule has 1 aromatic heterocycles. The fourth-order valence-electron chi connectivity index (χ4n) is 5.51. The number of likely N-dealkylation sites (N-methyl/N-ethyl adjacent to an activating group) is 1. The third-order valence-electron chi connectivity index (χ3n) is 7.55. The number of carbonyl (C=O) groups is 1. The average molecular weight is 521 g/mol. The van der Waals surface area contributed by atoms with Crippen LogP contribution in [0.15, 0.2) is 42.6 Å². The number of hydrogen-bond acceptors (Lipinski definition) is 7. The van der Waals surface area contributed by atoms with Crippen LogP contribution in [0.4, 0.5) is 42.4 Å². The third kappa shape index (κ3) is 4.36. The molecule has 0 bridgehead atoms. The van der Waals surface area contributed by atoms with Crippen LogP contribution in [0.5, 0.6) is 0 Å². The van der Waals surface area contributed by atoms with Crippen molar-refractivity contribution in [2.24, 2.45) is 0 Å². The topological polar surface area (TPSA) is 79.9 Å². The zero-order valence-corrected chi connectivity index (χ0v) is 21.4. The van der Waals surface area contributed by atoms with E-state index in [9.17, 15) is 13.6 Å². The summed E-state index contributed by atoms with van der Waals surface area (Å²) in [5.41, 5.74) is 3.12. The number of anilines is 5. The Labute approximate surface area is 220 Å². The van der Waals surface area contributed by atoms with Crippen molar-refractivity contribution in [1.82, 2.24) is 19.8 Å². The van der Waals surface area contributed by atoms with E-state index in [0.29, 0.717) is 25.5 Å². The Hall–Kier alpha value is -3.99. The number of halogens is 2. The highest BCUT2D eigenvalue weighted by molar-refractivity contribution is 5.93. The number of benzene rings is 2. The summed E-state index contributed by atoms with van der Waals surface area (Å²) in [7, 11) is 3.67. The van der Waals surface area contributed by atoms with Crippen molar-refractivity contribution in [3.8, 4) is 0 Å². The van der Waals surface area contributed by atoms with Gasteiger partial charge in [0.25, 0.3) is 0 Å². The van der Waals surface area contributed by atoms with E-state index < -0.39 is 11.6 Å². The number of aromatic nitrogens is 2. The van der Waals surface area contributed by atoms with E-state index in [1.54, 1.807) is 18.1 Å². The number of rotatable bonds is 4. The van der Waals surface area contributed by atoms with E-state index in [4.69, 9.17) is 0 Å². The van der Waals surface area contributed by atoms with Crippen LogP contribution in [0, 0.1) is 11.6 Å². The van der Waals surface area contributed by atoms with Crippen LogP contribution in [0.3, 0.4) is 0 Å². The molecule has 1 fully saturated rings. The highest BCUT2D eigenvalue weighted by Gasteiger charge is 2.36. The monoisotopic (exact) mass is 520 g/mol. The lowest BCUT2D eigenvalue weighted by Crippen LogP contribution is -2.48. The van der Waals surface area contributed by atoms with Crippen LogP contribution in [-0.2, 0) is 6.54 Å². The second-order valence-electron chi connectivity index (χ2n) is 10.0. The number of fused-ring (bicyclic) bond motifs is 2. The van der Waals surface area contributed by atoms with Crippen molar-refractivity contribution in [2.75, 3.05) is 67.3 Å². The molecule has 1 atom stereocenters. The summed E-state index contributed by atoms with van der Waals surface area (Å²) < 4.78 is 29.9. The number of piperazine rings is 1. The highest BCUT2D eigenvalue weighted by atomic mass is 19.1. The average Bonchev–Trinajstić information content (AvgIpc) is 2.91. The van der Waals surface area contributed by atoms with Crippen LogP contribution in [0.25, 0.3) is 0 Å². The Kier molecular flexibility index (Phi) is 6.22. The van der Waals surface area contributed by atoms with Gasteiger partial charge in [0.15, 0.2) is 11.6 Å². The van der Waals surface area contributed by atoms with E-state index in [-0.39, 0.29) is 29.4 Å². The predicted molar refractivity (Wildman–Crippen MR) is 143 cm³/mol. The van der Waals surface area contributed by atoms with Crippen molar-refractivity contribution in [3.63, 3.8) is 0 Å². The number of hydrogen-bond donors (Lipinski definition) is 2. The fraction of sp³-hybridized carbons (Fsp3) is 0.370. The first-order valence-corrected chi connectivity index (χ1v) is 12.8. The Morgan fingerprint density at radius 2 is 1.79 bits per heavy atom. The summed E-state index contributed by atoms with van der Waals surface area (Å²) >= 11 is 0. The van der Waals surface area contributed by atoms with Crippen LogP contribution >= 0.6 is 0 Å². The molecule has 198 valence electrons. The molecular formula is C27H30F2N8O. The number of nitrogens with one attached hydrogen (secondary N) is 2. The molecule has 2 N–H and O–H groups in total. The van der Waals surface area contributed by atoms with E-state index in [1.807, 2.05) is 36.2 Å². The minimum atomic E-state index is -0.639. The van der Waals surface area contributed by atoms with Gasteiger partial charge >= 0.3 is 6.03 Å². The van der Waals surface area contributed by atoms with Gasteiger partial charge in [-0.1, -0.05) is 18.2 Å². The Bertz CT molecular complexity index is 1350. The molecule has 9 nitrogen and oxygen atoms in total. The van der Waals surface area contributed by atoms with Gasteiger partial charge in [-0.05, 0) is 37.2 Å². The molecule has 1 unspecified atom stereocenters. The molecule has 3 aromatic rings. The molecule has 3 aliphatic heterocycles. The van der Waals surface area contributed by atoms with E-state index >= 15 is 0 Å². The summed E-state index contributed by atoms with van der Waals surface area (Å²) in [4.78, 5) is 29.5. The lowest BCUT2D eigenvalue weighted by atomic mass is 9.95. The summed E-state index contributed by atoms with van der Waals surface area (Å²) in [5, 5.41) is 6.30. The van der Waals surface area contributed by atoms with Crippen LogP contribution < -0.4 is 20.4 Å². The van der Waals surface area contributed by atoms with Crippen LogP contribution in [0.1, 0.15) is 23.6 Å². The van der Waals surface area contributed by atoms with Gasteiger partial charge in [-0.25, -0.2) is 18.6 Å². The van der Waals surface area contributed by atoms with Gasteiger partial charge in [0, 0.05) is 62.9 Å². The number of nitrogens with zero attached hydrogens (tertiary/aromatic N) is 6. The van der Waals surface area contributed by atoms with E-state index in [1.165, 1.54) is 17.0 Å². The first-order valence-electron chi connectivity index (χ1n) is 12.8. The summed E-state index contributed by atoms with van der Waals surface area (Å²) in [6.07, 6.45) is 2.46. The lowest BCUT2D eigenvalue weighted by Gasteiger charge is -2.41. The molecule has 4 heterocycles. The molecule has 2 amide bonds. The zero-order chi connectivity index (χ0) is 26.4. The van der Waals surface area contributed by atoms with Gasteiger partial charge in [-0.15, -0.1) is 0 Å². The number of carbonyl (C=O) groups excluding carboxylic acids is 1. The summed E-state index contributed by atoms with van der Waals surface area (Å²) in [6.45, 7) is 3.77. The molecule has 0 radical (unpaired) electrons. The number of para-hydroxylation sites is 1. The molecule has 0 spiro atoms. The molecule has 11 heteroatoms. The van der Waals surface area contributed by atoms with Gasteiger partial charge in [-0.2, -0.15) is 4.98 Å². The van der Waals surface area contributed by atoms with E-state index in [2.05, 4.69) is 25.5 Å². The van der Waals surface area contributed by atoms with Crippen molar-refractivity contribution in [3.05, 3.63) is 65.4 Å². The predicted octanol–water partition coefficient (Wildman–Crippen LogP) is 4.18. The molecular weight excluding hydrogens is 490 g/mol. The molecule has 38 heavy (non-hydrogen) atoms. The smallest absolute Gasteiger partial charge is 0.326 e. The van der Waals surface area contributed by atoms with Crippen molar-refractivity contribution < 1.29 is 13.6 Å². The van der Waals surface area contributed by atoms with Gasteiger partial charge in [-0.3, -0.25) is 4.90 Å². The first-order chi connectivity index (χ1) is 18.4. The standard InChI is InChI=1S/C27H30F2N8O/c1-34-9-11-36(12-10-34)24-20(28)13-18(14-21(24)29)32-26-31-15-17-16-37(27(38)35(2)25(17)33-26)23-7-8-30-22-6-4-3-5-19(22)23/h3-6,13-15,23,30H,7-12,16H2,1-2H3,(H,31,32,33). The normalized spacial score (nSPS) is 19.6. The summed E-state index contributed by atoms with van der Waals surface area (Å²) in [6, 6.07) is 10.3. The van der Waals surface area contributed by atoms with Gasteiger partial charge < -0.3 is 25.3 Å². The Balaban J connectivity index is 1.22. The molecule has 0 saturated carbocycles. The van der Waals surface area contributed by atoms with Gasteiger partial charge in [0.2, 0.25) is 5.95 Å². The Morgan fingerprint density at radius 1 is 1.05 bits per heavy atom. The minimum absolute atomic E-state index is 0.0140. The van der Waals surface area contributed by atoms with Gasteiger partial charge in [0.1, 0.15) is 11.5 Å². The number of amides is 2. The second-order valence-corrected chi connectivity index (χ2v) is 10.0. The summed E-state index contributed by atoms with van der Waals surface area (Å²) in [5.74, 6) is -0.642. The zero-order valence-electron chi connectivity index (χ0n) is 21.4.